The van der Waals surface area contributed by atoms with E-state index in [2.05, 4.69) is 0 Å². The molecule has 6 nitrogen and oxygen atoms in total. The normalized spacial score (nSPS) is 9.41. The molecule has 0 aliphatic carbocycles. The van der Waals surface area contributed by atoms with E-state index in [1.165, 1.54) is 0 Å². The molecule has 0 amide bonds. The third kappa shape index (κ3) is 3.99. The molecule has 3 rings (SSSR count). The summed E-state index contributed by atoms with van der Waals surface area (Å²) in [6.07, 6.45) is 0. The zero-order chi connectivity index (χ0) is 20.8. The van der Waals surface area contributed by atoms with Crippen molar-refractivity contribution in [2.24, 2.45) is 0 Å². The van der Waals surface area contributed by atoms with Gasteiger partial charge in [-0.2, -0.15) is 21.0 Å². The van der Waals surface area contributed by atoms with Crippen molar-refractivity contribution >= 4 is 0 Å². The van der Waals surface area contributed by atoms with Crippen LogP contribution in [0.3, 0.4) is 0 Å². The van der Waals surface area contributed by atoms with E-state index >= 15 is 0 Å². The summed E-state index contributed by atoms with van der Waals surface area (Å²) in [4.78, 5) is 0. The molecule has 0 aromatic heterocycles. The molecule has 0 N–H and O–H groups in total. The van der Waals surface area contributed by atoms with Gasteiger partial charge in [-0.25, -0.2) is 0 Å². The molecule has 0 bridgehead atoms. The first-order chi connectivity index (χ1) is 14.1. The SMILES string of the molecule is Cc1cc(Oc2cccc(C#N)c2C#N)cc(Oc2cccc(C#N)c2C#N)c1. The summed E-state index contributed by atoms with van der Waals surface area (Å²) in [6, 6.07) is 22.6. The minimum Gasteiger partial charge on any atom is -0.456 e. The second-order valence-electron chi connectivity index (χ2n) is 5.99. The van der Waals surface area contributed by atoms with Crippen LogP contribution in [0, 0.1) is 52.2 Å². The fourth-order valence-corrected chi connectivity index (χ4v) is 2.74. The number of benzene rings is 3. The minimum absolute atomic E-state index is 0.146. The lowest BCUT2D eigenvalue weighted by Crippen LogP contribution is -1.94. The predicted octanol–water partition coefficient (Wildman–Crippen LogP) is 5.07. The summed E-state index contributed by atoms with van der Waals surface area (Å²) >= 11 is 0. The molecule has 0 unspecified atom stereocenters. The summed E-state index contributed by atoms with van der Waals surface area (Å²) < 4.78 is 11.7. The van der Waals surface area contributed by atoms with Crippen molar-refractivity contribution in [3.63, 3.8) is 0 Å². The first-order valence-electron chi connectivity index (χ1n) is 8.43. The summed E-state index contributed by atoms with van der Waals surface area (Å²) in [5.74, 6) is 1.32. The minimum atomic E-state index is 0.146. The summed E-state index contributed by atoms with van der Waals surface area (Å²) in [6.45, 7) is 1.84. The molecule has 0 spiro atoms. The molecule has 0 fully saturated rings. The molecule has 0 heterocycles. The van der Waals surface area contributed by atoms with Crippen LogP contribution in [0.4, 0.5) is 0 Å². The van der Waals surface area contributed by atoms with Crippen LogP contribution in [0.2, 0.25) is 0 Å². The van der Waals surface area contributed by atoms with Gasteiger partial charge in [0.05, 0.1) is 11.1 Å². The van der Waals surface area contributed by atoms with Gasteiger partial charge in [0.15, 0.2) is 0 Å². The van der Waals surface area contributed by atoms with Gasteiger partial charge in [-0.1, -0.05) is 12.1 Å². The lowest BCUT2D eigenvalue weighted by atomic mass is 10.1. The summed E-state index contributed by atoms with van der Waals surface area (Å²) in [5, 5.41) is 37.0. The third-order valence-electron chi connectivity index (χ3n) is 4.00. The first kappa shape index (κ1) is 19.0. The Kier molecular flexibility index (Phi) is 5.42. The zero-order valence-corrected chi connectivity index (χ0v) is 15.3. The van der Waals surface area contributed by atoms with E-state index in [0.29, 0.717) is 11.5 Å². The Hall–Kier alpha value is -4.78. The molecule has 0 aliphatic heterocycles. The Morgan fingerprint density at radius 3 is 1.45 bits per heavy atom. The molecular weight excluding hydrogens is 364 g/mol. The first-order valence-corrected chi connectivity index (χ1v) is 8.43. The van der Waals surface area contributed by atoms with Crippen LogP contribution in [0.15, 0.2) is 54.6 Å². The van der Waals surface area contributed by atoms with Crippen LogP contribution in [0.25, 0.3) is 0 Å². The zero-order valence-electron chi connectivity index (χ0n) is 15.3. The highest BCUT2D eigenvalue weighted by molar-refractivity contribution is 5.57. The topological polar surface area (TPSA) is 114 Å². The van der Waals surface area contributed by atoms with Crippen LogP contribution in [-0.2, 0) is 0 Å². The quantitative estimate of drug-likeness (QED) is 0.628. The fourth-order valence-electron chi connectivity index (χ4n) is 2.74. The largest absolute Gasteiger partial charge is 0.456 e. The highest BCUT2D eigenvalue weighted by atomic mass is 16.5. The Labute approximate surface area is 167 Å². The van der Waals surface area contributed by atoms with Crippen molar-refractivity contribution in [2.45, 2.75) is 6.92 Å². The maximum Gasteiger partial charge on any atom is 0.146 e. The third-order valence-corrected chi connectivity index (χ3v) is 4.00. The van der Waals surface area contributed by atoms with Crippen LogP contribution >= 0.6 is 0 Å². The molecule has 0 saturated carbocycles. The average Bonchev–Trinajstić information content (AvgIpc) is 2.72. The maximum atomic E-state index is 9.36. The van der Waals surface area contributed by atoms with Crippen molar-refractivity contribution in [1.29, 1.82) is 21.0 Å². The van der Waals surface area contributed by atoms with E-state index in [1.54, 1.807) is 54.6 Å². The summed E-state index contributed by atoms with van der Waals surface area (Å²) in [5.41, 5.74) is 1.56. The predicted molar refractivity (Wildman–Crippen MR) is 103 cm³/mol. The number of hydrogen-bond acceptors (Lipinski definition) is 6. The molecule has 0 radical (unpaired) electrons. The Bertz CT molecular complexity index is 1170. The van der Waals surface area contributed by atoms with E-state index in [0.717, 1.165) is 5.56 Å². The Morgan fingerprint density at radius 1 is 0.621 bits per heavy atom. The van der Waals surface area contributed by atoms with Gasteiger partial charge < -0.3 is 9.47 Å². The van der Waals surface area contributed by atoms with Crippen molar-refractivity contribution in [3.8, 4) is 47.3 Å². The van der Waals surface area contributed by atoms with Crippen molar-refractivity contribution in [2.75, 3.05) is 0 Å². The molecule has 29 heavy (non-hydrogen) atoms. The number of hydrogen-bond donors (Lipinski definition) is 0. The van der Waals surface area contributed by atoms with Gasteiger partial charge in [-0.05, 0) is 48.9 Å². The van der Waals surface area contributed by atoms with Gasteiger partial charge >= 0.3 is 0 Å². The van der Waals surface area contributed by atoms with Gasteiger partial charge in [0, 0.05) is 6.07 Å². The molecule has 6 heteroatoms. The lowest BCUT2D eigenvalue weighted by Gasteiger charge is -2.13. The van der Waals surface area contributed by atoms with E-state index < -0.39 is 0 Å². The van der Waals surface area contributed by atoms with E-state index in [9.17, 15) is 10.5 Å². The van der Waals surface area contributed by atoms with Crippen LogP contribution in [0.5, 0.6) is 23.0 Å². The van der Waals surface area contributed by atoms with Crippen LogP contribution in [-0.4, -0.2) is 0 Å². The number of aryl methyl sites for hydroxylation is 1. The lowest BCUT2D eigenvalue weighted by molar-refractivity contribution is 0.458. The number of nitrogens with zero attached hydrogens (tertiary/aromatic N) is 4. The molecule has 0 atom stereocenters. The standard InChI is InChI=1S/C23H12N4O2/c1-15-8-18(28-22-6-2-4-16(11-24)20(22)13-26)10-19(9-15)29-23-7-3-5-17(12-25)21(23)14-27/h2-10H,1H3. The maximum absolute atomic E-state index is 9.36. The Morgan fingerprint density at radius 2 is 1.07 bits per heavy atom. The number of rotatable bonds is 4. The Balaban J connectivity index is 1.98. The van der Waals surface area contributed by atoms with Crippen molar-refractivity contribution in [3.05, 3.63) is 82.4 Å². The van der Waals surface area contributed by atoms with Crippen LogP contribution in [0.1, 0.15) is 27.8 Å². The second-order valence-corrected chi connectivity index (χ2v) is 5.99. The van der Waals surface area contributed by atoms with Gasteiger partial charge in [0.1, 0.15) is 58.4 Å². The number of ether oxygens (including phenoxy) is 2. The molecule has 136 valence electrons. The summed E-state index contributed by atoms with van der Waals surface area (Å²) in [7, 11) is 0. The van der Waals surface area contributed by atoms with Crippen molar-refractivity contribution in [1.82, 2.24) is 0 Å². The van der Waals surface area contributed by atoms with E-state index in [1.807, 2.05) is 31.2 Å². The van der Waals surface area contributed by atoms with Crippen LogP contribution < -0.4 is 9.47 Å². The molecule has 0 aliphatic rings. The van der Waals surface area contributed by atoms with E-state index in [-0.39, 0.29) is 33.8 Å². The van der Waals surface area contributed by atoms with Gasteiger partial charge in [0.25, 0.3) is 0 Å². The number of nitriles is 4. The monoisotopic (exact) mass is 376 g/mol. The molecular formula is C23H12N4O2. The van der Waals surface area contributed by atoms with Gasteiger partial charge in [-0.3, -0.25) is 0 Å². The molecule has 3 aromatic carbocycles. The fraction of sp³-hybridized carbons (Fsp3) is 0.0435. The van der Waals surface area contributed by atoms with Gasteiger partial charge in [-0.15, -0.1) is 0 Å². The van der Waals surface area contributed by atoms with Crippen molar-refractivity contribution < 1.29 is 9.47 Å². The second kappa shape index (κ2) is 8.28. The molecule has 3 aromatic rings. The smallest absolute Gasteiger partial charge is 0.146 e. The highest BCUT2D eigenvalue weighted by Crippen LogP contribution is 2.33. The van der Waals surface area contributed by atoms with E-state index in [4.69, 9.17) is 20.0 Å². The molecule has 0 saturated heterocycles. The highest BCUT2D eigenvalue weighted by Gasteiger charge is 2.13. The average molecular weight is 376 g/mol. The van der Waals surface area contributed by atoms with Gasteiger partial charge in [0.2, 0.25) is 0 Å².